The molecular formula is C12H23I3O3. The molecule has 0 rings (SSSR count). The summed E-state index contributed by atoms with van der Waals surface area (Å²) in [4.78, 5) is 0. The van der Waals surface area contributed by atoms with Crippen LogP contribution in [-0.4, -0.2) is 50.9 Å². The summed E-state index contributed by atoms with van der Waals surface area (Å²) < 4.78 is 18.6. The van der Waals surface area contributed by atoms with E-state index in [4.69, 9.17) is 14.2 Å². The van der Waals surface area contributed by atoms with E-state index in [9.17, 15) is 0 Å². The first-order valence-corrected chi connectivity index (χ1v) is 9.84. The molecule has 0 saturated heterocycles. The minimum atomic E-state index is 0.0486. The van der Waals surface area contributed by atoms with Gasteiger partial charge in [0.25, 0.3) is 0 Å². The van der Waals surface area contributed by atoms with Gasteiger partial charge in [0.05, 0.1) is 33.0 Å². The number of rotatable bonds is 11. The van der Waals surface area contributed by atoms with Gasteiger partial charge in [-0.05, 0) is 0 Å². The van der Waals surface area contributed by atoms with Crippen molar-refractivity contribution in [3.63, 3.8) is 0 Å². The zero-order chi connectivity index (χ0) is 14.0. The molecule has 0 aliphatic carbocycles. The van der Waals surface area contributed by atoms with Crippen LogP contribution in [0.2, 0.25) is 0 Å². The summed E-state index contributed by atoms with van der Waals surface area (Å²) in [6, 6.07) is 0. The van der Waals surface area contributed by atoms with Crippen molar-refractivity contribution in [2.45, 2.75) is 38.6 Å². The molecule has 0 N–H and O–H groups in total. The number of ether oxygens (including phenoxy) is 3. The largest absolute Gasteiger partial charge is 0.378 e. The molecule has 18 heavy (non-hydrogen) atoms. The van der Waals surface area contributed by atoms with Gasteiger partial charge in [0.1, 0.15) is 6.10 Å². The van der Waals surface area contributed by atoms with E-state index in [0.717, 1.165) is 19.8 Å². The molecule has 0 aliphatic rings. The molecule has 6 heteroatoms. The lowest BCUT2D eigenvalue weighted by Gasteiger charge is -2.20. The third kappa shape index (κ3) is 14.5. The van der Waals surface area contributed by atoms with Gasteiger partial charge in [0, 0.05) is 11.8 Å². The van der Waals surface area contributed by atoms with Gasteiger partial charge in [0.15, 0.2) is 0 Å². The average Bonchev–Trinajstić information content (AvgIpc) is 2.24. The van der Waals surface area contributed by atoms with Crippen LogP contribution in [0.25, 0.3) is 0 Å². The van der Waals surface area contributed by atoms with Crippen LogP contribution in [0, 0.1) is 0 Å². The summed E-state index contributed by atoms with van der Waals surface area (Å²) >= 11 is 7.08. The third-order valence-corrected chi connectivity index (χ3v) is 2.94. The van der Waals surface area contributed by atoms with Gasteiger partial charge < -0.3 is 14.2 Å². The van der Waals surface area contributed by atoms with Crippen molar-refractivity contribution in [2.75, 3.05) is 33.0 Å². The van der Waals surface area contributed by atoms with Gasteiger partial charge in [-0.3, -0.25) is 0 Å². The summed E-state index contributed by atoms with van der Waals surface area (Å²) in [5.74, 6) is 0. The van der Waals surface area contributed by atoms with Gasteiger partial charge in [0.2, 0.25) is 0 Å². The maximum atomic E-state index is 5.80. The highest BCUT2D eigenvalue weighted by molar-refractivity contribution is 14.1. The maximum Gasteiger partial charge on any atom is 0.104 e. The fourth-order valence-electron chi connectivity index (χ4n) is 1.14. The van der Waals surface area contributed by atoms with E-state index < -0.39 is 0 Å². The molecule has 110 valence electrons. The molecule has 0 aliphatic heterocycles. The number of halogens is 3. The van der Waals surface area contributed by atoms with Crippen LogP contribution >= 0.6 is 67.8 Å². The highest BCUT2D eigenvalue weighted by atomic mass is 127. The van der Waals surface area contributed by atoms with Crippen molar-refractivity contribution in [2.24, 2.45) is 0 Å². The van der Waals surface area contributed by atoms with Crippen LogP contribution in [-0.2, 0) is 14.2 Å². The summed E-state index contributed by atoms with van der Waals surface area (Å²) in [5.41, 5.74) is 0. The van der Waals surface area contributed by atoms with E-state index in [0.29, 0.717) is 25.0 Å². The van der Waals surface area contributed by atoms with Gasteiger partial charge in [-0.1, -0.05) is 88.5 Å². The Labute approximate surface area is 152 Å². The first kappa shape index (κ1) is 20.1. The van der Waals surface area contributed by atoms with Gasteiger partial charge in [-0.25, -0.2) is 0 Å². The molecule has 0 spiro atoms. The standard InChI is InChI=1S/C12H23I3O3/c1-9(13)4-16-7-12(18-6-11(3)15)8-17-5-10(2)14/h9-12H,4-8H2,1-3H3. The maximum absolute atomic E-state index is 5.80. The Bertz CT molecular complexity index is 175. The summed E-state index contributed by atoms with van der Waals surface area (Å²) in [5, 5.41) is 0. The van der Waals surface area contributed by atoms with Crippen molar-refractivity contribution >= 4 is 67.8 Å². The van der Waals surface area contributed by atoms with Crippen molar-refractivity contribution in [3.8, 4) is 0 Å². The zero-order valence-electron chi connectivity index (χ0n) is 11.2. The smallest absolute Gasteiger partial charge is 0.104 e. The molecule has 3 unspecified atom stereocenters. The Morgan fingerprint density at radius 3 is 1.39 bits per heavy atom. The highest BCUT2D eigenvalue weighted by Crippen LogP contribution is 2.06. The lowest BCUT2D eigenvalue weighted by Crippen LogP contribution is -2.29. The van der Waals surface area contributed by atoms with Gasteiger partial charge in [-0.2, -0.15) is 0 Å². The van der Waals surface area contributed by atoms with E-state index in [1.165, 1.54) is 0 Å². The molecule has 0 radical (unpaired) electrons. The predicted octanol–water partition coefficient (Wildman–Crippen LogP) is 3.88. The minimum absolute atomic E-state index is 0.0486. The predicted molar refractivity (Wildman–Crippen MR) is 102 cm³/mol. The fourth-order valence-corrected chi connectivity index (χ4v) is 1.85. The van der Waals surface area contributed by atoms with Crippen LogP contribution in [0.4, 0.5) is 0 Å². The first-order valence-electron chi connectivity index (χ1n) is 6.11. The quantitative estimate of drug-likeness (QED) is 0.268. The molecule has 0 heterocycles. The lowest BCUT2D eigenvalue weighted by atomic mass is 10.4. The second-order valence-electron chi connectivity index (χ2n) is 4.37. The fraction of sp³-hybridized carbons (Fsp3) is 1.00. The second kappa shape index (κ2) is 12.8. The minimum Gasteiger partial charge on any atom is -0.378 e. The van der Waals surface area contributed by atoms with Crippen LogP contribution < -0.4 is 0 Å². The normalized spacial score (nSPS) is 18.3. The van der Waals surface area contributed by atoms with Crippen molar-refractivity contribution in [3.05, 3.63) is 0 Å². The first-order chi connectivity index (χ1) is 8.41. The van der Waals surface area contributed by atoms with E-state index in [2.05, 4.69) is 88.5 Å². The number of alkyl halides is 3. The summed E-state index contributed by atoms with van der Waals surface area (Å²) in [6.07, 6.45) is 0.0486. The Balaban J connectivity index is 3.84. The Hall–Kier alpha value is 2.07. The van der Waals surface area contributed by atoms with Crippen molar-refractivity contribution < 1.29 is 14.2 Å². The molecule has 0 amide bonds. The van der Waals surface area contributed by atoms with E-state index in [-0.39, 0.29) is 6.10 Å². The molecular weight excluding hydrogens is 573 g/mol. The zero-order valence-corrected chi connectivity index (χ0v) is 17.7. The Morgan fingerprint density at radius 2 is 1.06 bits per heavy atom. The van der Waals surface area contributed by atoms with Crippen molar-refractivity contribution in [1.29, 1.82) is 0 Å². The van der Waals surface area contributed by atoms with E-state index >= 15 is 0 Å². The second-order valence-corrected chi connectivity index (χ2v) is 10.8. The lowest BCUT2D eigenvalue weighted by molar-refractivity contribution is -0.0563. The molecule has 0 saturated carbocycles. The topological polar surface area (TPSA) is 27.7 Å². The molecule has 0 aromatic heterocycles. The van der Waals surface area contributed by atoms with Crippen LogP contribution in [0.5, 0.6) is 0 Å². The monoisotopic (exact) mass is 596 g/mol. The Morgan fingerprint density at radius 1 is 0.667 bits per heavy atom. The van der Waals surface area contributed by atoms with Crippen LogP contribution in [0.3, 0.4) is 0 Å². The van der Waals surface area contributed by atoms with Gasteiger partial charge >= 0.3 is 0 Å². The number of hydrogen-bond acceptors (Lipinski definition) is 3. The molecule has 3 atom stereocenters. The van der Waals surface area contributed by atoms with E-state index in [1.54, 1.807) is 0 Å². The third-order valence-electron chi connectivity index (χ3n) is 1.86. The van der Waals surface area contributed by atoms with Crippen LogP contribution in [0.15, 0.2) is 0 Å². The summed E-state index contributed by atoms with van der Waals surface area (Å²) in [6.45, 7) is 9.93. The molecule has 0 fully saturated rings. The molecule has 3 nitrogen and oxygen atoms in total. The highest BCUT2D eigenvalue weighted by Gasteiger charge is 2.12. The number of hydrogen-bond donors (Lipinski definition) is 0. The van der Waals surface area contributed by atoms with E-state index in [1.807, 2.05) is 0 Å². The van der Waals surface area contributed by atoms with Crippen molar-refractivity contribution in [1.82, 2.24) is 0 Å². The Kier molecular flexibility index (Phi) is 14.3. The van der Waals surface area contributed by atoms with Gasteiger partial charge in [-0.15, -0.1) is 0 Å². The molecule has 0 bridgehead atoms. The molecule has 0 aromatic carbocycles. The SMILES string of the molecule is CC(I)COCC(COCC(C)I)OCC(C)I. The summed E-state index contributed by atoms with van der Waals surface area (Å²) in [7, 11) is 0. The molecule has 0 aromatic rings. The van der Waals surface area contributed by atoms with Crippen LogP contribution in [0.1, 0.15) is 20.8 Å². The average molecular weight is 596 g/mol.